The van der Waals surface area contributed by atoms with E-state index in [0.717, 1.165) is 12.8 Å². The monoisotopic (exact) mass is 276 g/mol. The van der Waals surface area contributed by atoms with E-state index in [1.165, 1.54) is 4.90 Å². The number of rotatable bonds is 3. The molecule has 0 aliphatic carbocycles. The van der Waals surface area contributed by atoms with Crippen molar-refractivity contribution < 1.29 is 14.7 Å². The Hall–Kier alpha value is -0.970. The predicted octanol–water partition coefficient (Wildman–Crippen LogP) is 1.99. The molecule has 0 radical (unpaired) electrons. The highest BCUT2D eigenvalue weighted by Gasteiger charge is 2.28. The fourth-order valence-electron chi connectivity index (χ4n) is 2.53. The van der Waals surface area contributed by atoms with Crippen molar-refractivity contribution in [2.45, 2.75) is 45.2 Å². The summed E-state index contributed by atoms with van der Waals surface area (Å²) < 4.78 is 0. The Morgan fingerprint density at radius 2 is 2.06 bits per heavy atom. The lowest BCUT2D eigenvalue weighted by atomic mass is 10.1. The van der Waals surface area contributed by atoms with Gasteiger partial charge in [0.1, 0.15) is 5.88 Å². The summed E-state index contributed by atoms with van der Waals surface area (Å²) in [6, 6.07) is 0.193. The molecule has 0 aromatic heterocycles. The zero-order chi connectivity index (χ0) is 13.7. The van der Waals surface area contributed by atoms with Crippen LogP contribution >= 0.6 is 11.6 Å². The van der Waals surface area contributed by atoms with Crippen molar-refractivity contribution in [3.63, 3.8) is 0 Å². The van der Waals surface area contributed by atoms with Gasteiger partial charge in [-0.15, -0.1) is 11.6 Å². The van der Waals surface area contributed by atoms with Crippen LogP contribution in [0.1, 0.15) is 33.1 Å². The number of carbonyl (C=O) groups is 2. The molecule has 18 heavy (non-hydrogen) atoms. The second-order valence-electron chi connectivity index (χ2n) is 4.88. The standard InChI is InChI=1S/C12H21ClN2O3/c1-9(2)15(11(16)8-13)10-4-3-6-14(7-5-10)12(17)18/h9-10H,3-8H2,1-2H3,(H,17,18). The molecule has 1 fully saturated rings. The highest BCUT2D eigenvalue weighted by Crippen LogP contribution is 2.19. The van der Waals surface area contributed by atoms with E-state index >= 15 is 0 Å². The van der Waals surface area contributed by atoms with Crippen molar-refractivity contribution in [2.75, 3.05) is 19.0 Å². The van der Waals surface area contributed by atoms with Crippen molar-refractivity contribution in [1.82, 2.24) is 9.80 Å². The minimum Gasteiger partial charge on any atom is -0.465 e. The maximum absolute atomic E-state index is 11.8. The van der Waals surface area contributed by atoms with Crippen molar-refractivity contribution in [3.05, 3.63) is 0 Å². The largest absolute Gasteiger partial charge is 0.465 e. The van der Waals surface area contributed by atoms with Crippen LogP contribution in [0.2, 0.25) is 0 Å². The molecule has 0 saturated carbocycles. The van der Waals surface area contributed by atoms with Gasteiger partial charge in [0, 0.05) is 25.2 Å². The summed E-state index contributed by atoms with van der Waals surface area (Å²) in [6.07, 6.45) is 1.43. The van der Waals surface area contributed by atoms with Crippen LogP contribution in [-0.2, 0) is 4.79 Å². The Balaban J connectivity index is 2.70. The lowest BCUT2D eigenvalue weighted by Gasteiger charge is -2.34. The van der Waals surface area contributed by atoms with Crippen LogP contribution in [0.4, 0.5) is 4.79 Å². The molecule has 104 valence electrons. The van der Waals surface area contributed by atoms with Gasteiger partial charge in [-0.25, -0.2) is 4.79 Å². The van der Waals surface area contributed by atoms with E-state index in [9.17, 15) is 9.59 Å². The molecule has 1 aliphatic heterocycles. The minimum atomic E-state index is -0.879. The second kappa shape index (κ2) is 6.83. The van der Waals surface area contributed by atoms with E-state index in [0.29, 0.717) is 19.5 Å². The molecule has 0 aromatic rings. The topological polar surface area (TPSA) is 60.9 Å². The molecule has 1 heterocycles. The van der Waals surface area contributed by atoms with Crippen LogP contribution in [0.3, 0.4) is 0 Å². The smallest absolute Gasteiger partial charge is 0.407 e. The lowest BCUT2D eigenvalue weighted by molar-refractivity contribution is -0.133. The van der Waals surface area contributed by atoms with Gasteiger partial charge in [0.05, 0.1) is 0 Å². The first kappa shape index (κ1) is 15.1. The molecule has 2 amide bonds. The third-order valence-electron chi connectivity index (χ3n) is 3.32. The van der Waals surface area contributed by atoms with Crippen LogP contribution in [-0.4, -0.2) is 58.0 Å². The number of amides is 2. The first-order valence-corrected chi connectivity index (χ1v) is 6.85. The van der Waals surface area contributed by atoms with E-state index in [-0.39, 0.29) is 23.9 Å². The minimum absolute atomic E-state index is 0.0165. The Morgan fingerprint density at radius 1 is 1.39 bits per heavy atom. The van der Waals surface area contributed by atoms with Crippen molar-refractivity contribution in [3.8, 4) is 0 Å². The van der Waals surface area contributed by atoms with Gasteiger partial charge in [0.15, 0.2) is 0 Å². The number of nitrogens with zero attached hydrogens (tertiary/aromatic N) is 2. The quantitative estimate of drug-likeness (QED) is 0.802. The average Bonchev–Trinajstić information content (AvgIpc) is 2.54. The number of carboxylic acid groups (broad SMARTS) is 1. The van der Waals surface area contributed by atoms with Gasteiger partial charge < -0.3 is 14.9 Å². The molecular weight excluding hydrogens is 256 g/mol. The number of alkyl halides is 1. The molecule has 1 aliphatic rings. The van der Waals surface area contributed by atoms with E-state index < -0.39 is 6.09 Å². The van der Waals surface area contributed by atoms with Gasteiger partial charge in [-0.1, -0.05) is 0 Å². The molecular formula is C12H21ClN2O3. The highest BCUT2D eigenvalue weighted by molar-refractivity contribution is 6.27. The molecule has 0 aromatic carbocycles. The number of hydrogen-bond donors (Lipinski definition) is 1. The first-order chi connectivity index (χ1) is 8.47. The molecule has 1 atom stereocenters. The highest BCUT2D eigenvalue weighted by atomic mass is 35.5. The summed E-state index contributed by atoms with van der Waals surface area (Å²) in [7, 11) is 0. The number of halogens is 1. The van der Waals surface area contributed by atoms with Crippen LogP contribution in [0.5, 0.6) is 0 Å². The maximum atomic E-state index is 11.8. The molecule has 0 spiro atoms. The molecule has 1 saturated heterocycles. The van der Waals surface area contributed by atoms with Gasteiger partial charge in [-0.3, -0.25) is 4.79 Å². The van der Waals surface area contributed by atoms with Gasteiger partial charge in [-0.05, 0) is 33.1 Å². The van der Waals surface area contributed by atoms with Crippen LogP contribution in [0.25, 0.3) is 0 Å². The average molecular weight is 277 g/mol. The van der Waals surface area contributed by atoms with Gasteiger partial charge >= 0.3 is 6.09 Å². The predicted molar refractivity (Wildman–Crippen MR) is 69.9 cm³/mol. The number of likely N-dealkylation sites (tertiary alicyclic amines) is 1. The summed E-state index contributed by atoms with van der Waals surface area (Å²) in [4.78, 5) is 26.0. The molecule has 1 N–H and O–H groups in total. The number of carbonyl (C=O) groups excluding carboxylic acids is 1. The Morgan fingerprint density at radius 3 is 2.56 bits per heavy atom. The maximum Gasteiger partial charge on any atom is 0.407 e. The SMILES string of the molecule is CC(C)N(C(=O)CCl)C1CCCN(C(=O)O)CC1. The molecule has 0 bridgehead atoms. The zero-order valence-electron chi connectivity index (χ0n) is 10.9. The first-order valence-electron chi connectivity index (χ1n) is 6.32. The summed E-state index contributed by atoms with van der Waals surface area (Å²) in [5, 5.41) is 8.98. The molecule has 5 nitrogen and oxygen atoms in total. The van der Waals surface area contributed by atoms with Crippen LogP contribution in [0.15, 0.2) is 0 Å². The van der Waals surface area contributed by atoms with E-state index in [1.54, 1.807) is 4.90 Å². The van der Waals surface area contributed by atoms with Gasteiger partial charge in [0.25, 0.3) is 0 Å². The zero-order valence-corrected chi connectivity index (χ0v) is 11.7. The van der Waals surface area contributed by atoms with Crippen molar-refractivity contribution >= 4 is 23.6 Å². The van der Waals surface area contributed by atoms with Gasteiger partial charge in [0.2, 0.25) is 5.91 Å². The van der Waals surface area contributed by atoms with E-state index in [4.69, 9.17) is 16.7 Å². The fourth-order valence-corrected chi connectivity index (χ4v) is 2.67. The Kier molecular flexibility index (Phi) is 5.72. The van der Waals surface area contributed by atoms with E-state index in [1.807, 2.05) is 13.8 Å². The van der Waals surface area contributed by atoms with Crippen LogP contribution in [0, 0.1) is 0 Å². The summed E-state index contributed by atoms with van der Waals surface area (Å²) in [5.41, 5.74) is 0. The normalized spacial score (nSPS) is 20.7. The van der Waals surface area contributed by atoms with Crippen molar-refractivity contribution in [2.24, 2.45) is 0 Å². The third kappa shape index (κ3) is 3.77. The van der Waals surface area contributed by atoms with Crippen molar-refractivity contribution in [1.29, 1.82) is 0 Å². The second-order valence-corrected chi connectivity index (χ2v) is 5.15. The fraction of sp³-hybridized carbons (Fsp3) is 0.833. The molecule has 6 heteroatoms. The summed E-state index contributed by atoms with van der Waals surface area (Å²) in [5.74, 6) is -0.0856. The molecule has 1 unspecified atom stereocenters. The summed E-state index contributed by atoms with van der Waals surface area (Å²) in [6.45, 7) is 4.96. The lowest BCUT2D eigenvalue weighted by Crippen LogP contribution is -2.46. The van der Waals surface area contributed by atoms with E-state index in [2.05, 4.69) is 0 Å². The molecule has 1 rings (SSSR count). The number of hydrogen-bond acceptors (Lipinski definition) is 2. The Bertz CT molecular complexity index is 310. The van der Waals surface area contributed by atoms with Crippen LogP contribution < -0.4 is 0 Å². The third-order valence-corrected chi connectivity index (χ3v) is 3.55. The van der Waals surface area contributed by atoms with Gasteiger partial charge in [-0.2, -0.15) is 0 Å². The summed E-state index contributed by atoms with van der Waals surface area (Å²) >= 11 is 5.63. The Labute approximate surface area is 113 Å².